The second-order valence-electron chi connectivity index (χ2n) is 2.48. The first-order valence-corrected chi connectivity index (χ1v) is 8.28. The highest BCUT2D eigenvalue weighted by molar-refractivity contribution is 8.57. The molecule has 1 aliphatic heterocycles. The monoisotopic (exact) mass is 153 g/mol. The Morgan fingerprint density at radius 2 is 2.00 bits per heavy atom. The van der Waals surface area contributed by atoms with Gasteiger partial charge in [-0.3, -0.25) is 0 Å². The zero-order valence-electron chi connectivity index (χ0n) is 4.76. The third-order valence-electron chi connectivity index (χ3n) is 1.09. The van der Waals surface area contributed by atoms with Crippen LogP contribution in [0.2, 0.25) is 0 Å². The average Bonchev–Trinajstić information content (AvgIpc) is 1.27. The fourth-order valence-electron chi connectivity index (χ4n) is 0.999. The van der Waals surface area contributed by atoms with E-state index in [4.69, 9.17) is 0 Å². The van der Waals surface area contributed by atoms with E-state index in [-0.39, 0.29) is 0 Å². The van der Waals surface area contributed by atoms with Crippen molar-refractivity contribution in [3.8, 4) is 0 Å². The first-order valence-electron chi connectivity index (χ1n) is 2.36. The fraction of sp³-hybridized carbons (Fsp3) is 1.00. The summed E-state index contributed by atoms with van der Waals surface area (Å²) in [6, 6.07) is 0. The first kappa shape index (κ1) is 6.33. The van der Waals surface area contributed by atoms with E-state index in [9.17, 15) is 0 Å². The maximum atomic E-state index is 4.53. The summed E-state index contributed by atoms with van der Waals surface area (Å²) in [7, 11) is 0.467. The van der Waals surface area contributed by atoms with Gasteiger partial charge in [0.05, 0.1) is 24.9 Å². The topological polar surface area (TPSA) is 0 Å². The van der Waals surface area contributed by atoms with E-state index in [1.807, 2.05) is 0 Å². The lowest BCUT2D eigenvalue weighted by Crippen LogP contribution is -2.05. The highest BCUT2D eigenvalue weighted by Gasteiger charge is 2.41. The molecule has 1 aliphatic rings. The molecule has 0 atom stereocenters. The molecule has 0 N–H and O–H groups in total. The average molecular weight is 153 g/mol. The van der Waals surface area contributed by atoms with Gasteiger partial charge in [0.25, 0.3) is 0 Å². The standard InChI is InChI=1S/C4H11P2S/c1-5-3-6(2,7)4-5/h7H,3-4H2,1-2H3/q+1. The van der Waals surface area contributed by atoms with Gasteiger partial charge in [0.15, 0.2) is 0 Å². The summed E-state index contributed by atoms with van der Waals surface area (Å²) in [5, 5.41) is 0. The van der Waals surface area contributed by atoms with Crippen LogP contribution in [0.15, 0.2) is 0 Å². The van der Waals surface area contributed by atoms with Gasteiger partial charge in [-0.1, -0.05) is 0 Å². The minimum absolute atomic E-state index is 0.467. The highest BCUT2D eigenvalue weighted by Crippen LogP contribution is 2.80. The molecule has 3 heteroatoms. The van der Waals surface area contributed by atoms with E-state index in [2.05, 4.69) is 25.6 Å². The highest BCUT2D eigenvalue weighted by atomic mass is 32.7. The lowest BCUT2D eigenvalue weighted by Gasteiger charge is -2.31. The summed E-state index contributed by atoms with van der Waals surface area (Å²) in [4.78, 5) is 0. The maximum absolute atomic E-state index is 4.53. The molecule has 0 amide bonds. The van der Waals surface area contributed by atoms with E-state index >= 15 is 0 Å². The van der Waals surface area contributed by atoms with Crippen molar-refractivity contribution in [2.45, 2.75) is 0 Å². The molecule has 0 radical (unpaired) electrons. The predicted molar refractivity (Wildman–Crippen MR) is 44.4 cm³/mol. The molecule has 7 heavy (non-hydrogen) atoms. The Labute approximate surface area is 52.3 Å². The molecule has 0 aromatic heterocycles. The summed E-state index contributed by atoms with van der Waals surface area (Å²) in [5.41, 5.74) is 0. The Morgan fingerprint density at radius 3 is 2.00 bits per heavy atom. The van der Waals surface area contributed by atoms with E-state index in [1.165, 1.54) is 11.8 Å². The molecule has 0 aliphatic carbocycles. The van der Waals surface area contributed by atoms with Crippen LogP contribution >= 0.6 is 26.6 Å². The van der Waals surface area contributed by atoms with Gasteiger partial charge in [-0.25, -0.2) is 0 Å². The van der Waals surface area contributed by atoms with Gasteiger partial charge in [0.2, 0.25) is 0 Å². The summed E-state index contributed by atoms with van der Waals surface area (Å²) < 4.78 is 0. The van der Waals surface area contributed by atoms with Crippen LogP contribution in [0.1, 0.15) is 0 Å². The predicted octanol–water partition coefficient (Wildman–Crippen LogP) is 2.52. The van der Waals surface area contributed by atoms with Crippen LogP contribution in [0, 0.1) is 0 Å². The van der Waals surface area contributed by atoms with E-state index in [1.54, 1.807) is 0 Å². The molecule has 0 bridgehead atoms. The SMILES string of the molecule is CP1C[P+](C)(S)C1. The van der Waals surface area contributed by atoms with E-state index < -0.39 is 6.46 Å². The Balaban J connectivity index is 2.29. The molecule has 1 fully saturated rings. The van der Waals surface area contributed by atoms with Gasteiger partial charge in [-0.05, 0) is 14.6 Å². The van der Waals surface area contributed by atoms with Crippen LogP contribution in [0.25, 0.3) is 0 Å². The molecule has 1 rings (SSSR count). The Kier molecular flexibility index (Phi) is 1.69. The largest absolute Gasteiger partial charge is 0.0911 e. The van der Waals surface area contributed by atoms with Crippen LogP contribution in [0.4, 0.5) is 0 Å². The molecular weight excluding hydrogens is 142 g/mol. The molecule has 1 heterocycles. The van der Waals surface area contributed by atoms with Crippen LogP contribution in [-0.4, -0.2) is 25.1 Å². The van der Waals surface area contributed by atoms with Crippen LogP contribution in [0.5, 0.6) is 0 Å². The lowest BCUT2D eigenvalue weighted by atomic mass is 11.8. The normalized spacial score (nSPS) is 51.0. The van der Waals surface area contributed by atoms with E-state index in [0.717, 1.165) is 0 Å². The van der Waals surface area contributed by atoms with Crippen molar-refractivity contribution in [3.63, 3.8) is 0 Å². The quantitative estimate of drug-likeness (QED) is 0.401. The van der Waals surface area contributed by atoms with Crippen LogP contribution in [0.3, 0.4) is 0 Å². The summed E-state index contributed by atoms with van der Waals surface area (Å²) in [5.74, 6) is 2.96. The Bertz CT molecular complexity index is 73.8. The molecule has 0 aromatic rings. The van der Waals surface area contributed by atoms with Gasteiger partial charge in [0.1, 0.15) is 0 Å². The second kappa shape index (κ2) is 1.87. The van der Waals surface area contributed by atoms with Gasteiger partial charge < -0.3 is 0 Å². The minimum atomic E-state index is -0.549. The molecule has 0 spiro atoms. The number of rotatable bonds is 0. The molecule has 1 saturated heterocycles. The van der Waals surface area contributed by atoms with Gasteiger partial charge in [-0.2, -0.15) is 0 Å². The molecule has 0 unspecified atom stereocenters. The summed E-state index contributed by atoms with van der Waals surface area (Å²) >= 11 is 4.53. The fourth-order valence-corrected chi connectivity index (χ4v) is 12.9. The number of hydrogen-bond donors (Lipinski definition) is 1. The van der Waals surface area contributed by atoms with Crippen molar-refractivity contribution in [3.05, 3.63) is 0 Å². The van der Waals surface area contributed by atoms with E-state index in [0.29, 0.717) is 7.92 Å². The zero-order chi connectivity index (χ0) is 5.49. The molecule has 42 valence electrons. The van der Waals surface area contributed by atoms with Crippen LogP contribution < -0.4 is 0 Å². The third kappa shape index (κ3) is 1.56. The van der Waals surface area contributed by atoms with Crippen LogP contribution in [-0.2, 0) is 0 Å². The van der Waals surface area contributed by atoms with Gasteiger partial charge in [0, 0.05) is 12.2 Å². The van der Waals surface area contributed by atoms with Crippen molar-refractivity contribution in [2.75, 3.05) is 25.1 Å². The Hall–Kier alpha value is 1.21. The van der Waals surface area contributed by atoms with Crippen molar-refractivity contribution in [1.29, 1.82) is 0 Å². The van der Waals surface area contributed by atoms with Gasteiger partial charge in [-0.15, -0.1) is 0 Å². The minimum Gasteiger partial charge on any atom is -0.0376 e. The van der Waals surface area contributed by atoms with Crippen molar-refractivity contribution < 1.29 is 0 Å². The third-order valence-corrected chi connectivity index (χ3v) is 12.1. The summed E-state index contributed by atoms with van der Waals surface area (Å²) in [6.45, 7) is 4.15. The molecular formula is C4H11P2S+. The molecule has 0 saturated carbocycles. The number of thiol groups is 1. The molecule has 0 aromatic carbocycles. The molecule has 0 nitrogen and oxygen atoms in total. The van der Waals surface area contributed by atoms with Crippen molar-refractivity contribution >= 4 is 26.6 Å². The maximum Gasteiger partial charge on any atom is 0.0911 e. The zero-order valence-corrected chi connectivity index (χ0v) is 7.44. The second-order valence-corrected chi connectivity index (χ2v) is 12.0. The van der Waals surface area contributed by atoms with Gasteiger partial charge >= 0.3 is 0 Å². The smallest absolute Gasteiger partial charge is 0.0376 e. The lowest BCUT2D eigenvalue weighted by molar-refractivity contribution is 1.77. The summed E-state index contributed by atoms with van der Waals surface area (Å²) in [6.07, 6.45) is 0. The number of hydrogen-bond acceptors (Lipinski definition) is 1. The first-order chi connectivity index (χ1) is 3.10. The van der Waals surface area contributed by atoms with Crippen molar-refractivity contribution in [2.24, 2.45) is 0 Å². The van der Waals surface area contributed by atoms with Crippen molar-refractivity contribution in [1.82, 2.24) is 0 Å². The Morgan fingerprint density at radius 1 is 1.57 bits per heavy atom.